The number of carbonyl (C=O) groups is 2. The molecule has 2 N–H and O–H groups in total. The van der Waals surface area contributed by atoms with E-state index in [2.05, 4.69) is 0 Å². The lowest BCUT2D eigenvalue weighted by Crippen LogP contribution is -2.27. The number of nitrogens with zero attached hydrogens (tertiary/aromatic N) is 1. The van der Waals surface area contributed by atoms with Gasteiger partial charge in [0.25, 0.3) is 0 Å². The normalized spacial score (nSPS) is 19.0. The van der Waals surface area contributed by atoms with E-state index < -0.39 is 39.5 Å². The maximum atomic E-state index is 12.7. The Bertz CT molecular complexity index is 702. The van der Waals surface area contributed by atoms with Gasteiger partial charge in [-0.3, -0.25) is 4.79 Å². The summed E-state index contributed by atoms with van der Waals surface area (Å²) in [6.07, 6.45) is -0.226. The Morgan fingerprint density at radius 2 is 2.10 bits per heavy atom. The number of rotatable bonds is 4. The van der Waals surface area contributed by atoms with Crippen molar-refractivity contribution < 1.29 is 32.1 Å². The topological polar surface area (TPSA) is 112 Å². The van der Waals surface area contributed by atoms with Crippen LogP contribution < -0.4 is 4.90 Å². The van der Waals surface area contributed by atoms with Crippen molar-refractivity contribution >= 4 is 27.8 Å². The molecule has 0 radical (unpaired) electrons. The second-order valence-corrected chi connectivity index (χ2v) is 6.17. The van der Waals surface area contributed by atoms with Gasteiger partial charge in [-0.2, -0.15) is 8.42 Å². The monoisotopic (exact) mass is 317 g/mol. The molecule has 1 heterocycles. The lowest BCUT2D eigenvalue weighted by molar-refractivity contribution is -0.117. The van der Waals surface area contributed by atoms with Crippen LogP contribution in [-0.4, -0.2) is 42.8 Å². The third-order valence-corrected chi connectivity index (χ3v) is 4.02. The molecule has 0 aromatic heterocycles. The van der Waals surface area contributed by atoms with E-state index in [1.54, 1.807) is 0 Å². The lowest BCUT2D eigenvalue weighted by atomic mass is 10.1. The second-order valence-electron chi connectivity index (χ2n) is 4.76. The summed E-state index contributed by atoms with van der Waals surface area (Å²) in [5, 5.41) is 18.9. The molecule has 114 valence electrons. The number of aromatic carboxylic acids is 1. The first-order valence-electron chi connectivity index (χ1n) is 5.97. The summed E-state index contributed by atoms with van der Waals surface area (Å²) in [7, 11) is -4.73. The maximum absolute atomic E-state index is 12.7. The fourth-order valence-corrected chi connectivity index (χ4v) is 3.16. The first-order valence-corrected chi connectivity index (χ1v) is 7.52. The van der Waals surface area contributed by atoms with Crippen LogP contribution >= 0.6 is 0 Å². The Morgan fingerprint density at radius 1 is 1.43 bits per heavy atom. The zero-order valence-electron chi connectivity index (χ0n) is 10.7. The van der Waals surface area contributed by atoms with Gasteiger partial charge >= 0.3 is 16.2 Å². The Balaban J connectivity index is 2.36. The number of hydrogen-bond acceptors (Lipinski definition) is 5. The van der Waals surface area contributed by atoms with Crippen molar-refractivity contribution in [3.8, 4) is 5.75 Å². The van der Waals surface area contributed by atoms with Crippen LogP contribution in [0, 0.1) is 5.92 Å². The average molecular weight is 317 g/mol. The Hall–Kier alpha value is -2.16. The summed E-state index contributed by atoms with van der Waals surface area (Å²) < 4.78 is 34.0. The van der Waals surface area contributed by atoms with Gasteiger partial charge < -0.3 is 15.1 Å². The first-order chi connectivity index (χ1) is 9.69. The van der Waals surface area contributed by atoms with Crippen LogP contribution in [0.5, 0.6) is 5.75 Å². The number of hydrogen-bond donors (Lipinski definition) is 2. The number of aromatic hydroxyl groups is 1. The van der Waals surface area contributed by atoms with Crippen molar-refractivity contribution in [1.29, 1.82) is 0 Å². The number of phenols is 1. The van der Waals surface area contributed by atoms with E-state index in [-0.39, 0.29) is 24.2 Å². The first kappa shape index (κ1) is 15.2. The van der Waals surface area contributed by atoms with Gasteiger partial charge in [-0.25, -0.2) is 4.79 Å². The van der Waals surface area contributed by atoms with Crippen LogP contribution in [0.2, 0.25) is 0 Å². The lowest BCUT2D eigenvalue weighted by Gasteiger charge is -2.19. The molecule has 1 saturated heterocycles. The van der Waals surface area contributed by atoms with Gasteiger partial charge in [-0.15, -0.1) is 3.89 Å². The molecule has 0 aliphatic carbocycles. The largest absolute Gasteiger partial charge is 0.506 e. The fourth-order valence-electron chi connectivity index (χ4n) is 2.38. The Morgan fingerprint density at radius 3 is 2.67 bits per heavy atom. The maximum Gasteiger partial charge on any atom is 0.337 e. The van der Waals surface area contributed by atoms with E-state index in [0.717, 1.165) is 4.90 Å². The SMILES string of the molecule is O=C(O)c1cccc(O)c1N1CC(CS(=O)(=O)F)CC1=O. The number of carbonyl (C=O) groups excluding carboxylic acids is 1. The van der Waals surface area contributed by atoms with Gasteiger partial charge in [0.1, 0.15) is 11.4 Å². The summed E-state index contributed by atoms with van der Waals surface area (Å²) in [6, 6.07) is 3.74. The number of amides is 1. The molecule has 1 aromatic carbocycles. The van der Waals surface area contributed by atoms with Crippen molar-refractivity contribution in [1.82, 2.24) is 0 Å². The third kappa shape index (κ3) is 3.30. The molecule has 0 bridgehead atoms. The van der Waals surface area contributed by atoms with Gasteiger partial charge in [-0.05, 0) is 12.1 Å². The molecule has 21 heavy (non-hydrogen) atoms. The van der Waals surface area contributed by atoms with Crippen molar-refractivity contribution in [3.05, 3.63) is 23.8 Å². The molecule has 0 spiro atoms. The third-order valence-electron chi connectivity index (χ3n) is 3.15. The van der Waals surface area contributed by atoms with Crippen molar-refractivity contribution in [3.63, 3.8) is 0 Å². The zero-order valence-corrected chi connectivity index (χ0v) is 11.5. The highest BCUT2D eigenvalue weighted by atomic mass is 32.3. The predicted octanol–water partition coefficient (Wildman–Crippen LogP) is 0.743. The Labute approximate surface area is 119 Å². The molecule has 1 aromatic rings. The van der Waals surface area contributed by atoms with Gasteiger partial charge in [0.15, 0.2) is 0 Å². The van der Waals surface area contributed by atoms with Crippen LogP contribution in [-0.2, 0) is 15.0 Å². The molecule has 1 unspecified atom stereocenters. The highest BCUT2D eigenvalue weighted by Crippen LogP contribution is 2.35. The number of phenolic OH excluding ortho intramolecular Hbond substituents is 1. The van der Waals surface area contributed by atoms with Crippen molar-refractivity contribution in [2.45, 2.75) is 6.42 Å². The summed E-state index contributed by atoms with van der Waals surface area (Å²) in [5.41, 5.74) is -0.485. The number of benzene rings is 1. The molecule has 1 aliphatic heterocycles. The molecule has 2 rings (SSSR count). The highest BCUT2D eigenvalue weighted by Gasteiger charge is 2.36. The molecule has 1 fully saturated rings. The number of para-hydroxylation sites is 1. The minimum atomic E-state index is -4.73. The van der Waals surface area contributed by atoms with Crippen LogP contribution in [0.3, 0.4) is 0 Å². The quantitative estimate of drug-likeness (QED) is 0.792. The molecule has 1 atom stereocenters. The number of carboxylic acid groups (broad SMARTS) is 1. The minimum absolute atomic E-state index is 0.167. The molecule has 1 amide bonds. The highest BCUT2D eigenvalue weighted by molar-refractivity contribution is 7.86. The summed E-state index contributed by atoms with van der Waals surface area (Å²) in [6.45, 7) is -0.167. The average Bonchev–Trinajstić information content (AvgIpc) is 2.66. The van der Waals surface area contributed by atoms with Crippen LogP contribution in [0.15, 0.2) is 18.2 Å². The fraction of sp³-hybridized carbons (Fsp3) is 0.333. The molecule has 9 heteroatoms. The summed E-state index contributed by atoms with van der Waals surface area (Å²) >= 11 is 0. The number of carboxylic acids is 1. The van der Waals surface area contributed by atoms with E-state index in [9.17, 15) is 27.0 Å². The van der Waals surface area contributed by atoms with Gasteiger partial charge in [0, 0.05) is 18.9 Å². The molecular weight excluding hydrogens is 305 g/mol. The molecular formula is C12H12FNO6S. The van der Waals surface area contributed by atoms with E-state index in [0.29, 0.717) is 0 Å². The van der Waals surface area contributed by atoms with Crippen molar-refractivity contribution in [2.24, 2.45) is 5.92 Å². The zero-order chi connectivity index (χ0) is 15.8. The number of anilines is 1. The van der Waals surface area contributed by atoms with Crippen LogP contribution in [0.4, 0.5) is 9.57 Å². The van der Waals surface area contributed by atoms with Crippen LogP contribution in [0.25, 0.3) is 0 Å². The standard InChI is InChI=1S/C12H12FNO6S/c13-21(19,20)6-7-4-10(16)14(5-7)11-8(12(17)18)2-1-3-9(11)15/h1-3,7,15H,4-6H2,(H,17,18). The molecule has 0 saturated carbocycles. The molecule has 7 nitrogen and oxygen atoms in total. The van der Waals surface area contributed by atoms with E-state index in [1.807, 2.05) is 0 Å². The van der Waals surface area contributed by atoms with E-state index in [1.165, 1.54) is 18.2 Å². The van der Waals surface area contributed by atoms with Gasteiger partial charge in [0.2, 0.25) is 5.91 Å². The number of halogens is 1. The molecule has 1 aliphatic rings. The predicted molar refractivity (Wildman–Crippen MR) is 70.4 cm³/mol. The van der Waals surface area contributed by atoms with E-state index in [4.69, 9.17) is 5.11 Å². The summed E-state index contributed by atoms with van der Waals surface area (Å²) in [5.74, 6) is -3.91. The van der Waals surface area contributed by atoms with E-state index >= 15 is 0 Å². The minimum Gasteiger partial charge on any atom is -0.506 e. The van der Waals surface area contributed by atoms with Gasteiger partial charge in [-0.1, -0.05) is 6.07 Å². The smallest absolute Gasteiger partial charge is 0.337 e. The second kappa shape index (κ2) is 5.32. The summed E-state index contributed by atoms with van der Waals surface area (Å²) in [4.78, 5) is 24.0. The van der Waals surface area contributed by atoms with Crippen molar-refractivity contribution in [2.75, 3.05) is 17.2 Å². The van der Waals surface area contributed by atoms with Gasteiger partial charge in [0.05, 0.1) is 11.3 Å². The Kier molecular flexibility index (Phi) is 3.86. The van der Waals surface area contributed by atoms with Crippen LogP contribution in [0.1, 0.15) is 16.8 Å².